The van der Waals surface area contributed by atoms with Gasteiger partial charge in [-0.25, -0.2) is 14.4 Å². The number of nitrogens with two attached hydrogens (primary N) is 2. The van der Waals surface area contributed by atoms with Crippen molar-refractivity contribution in [2.75, 3.05) is 11.5 Å². The molecule has 0 aliphatic heterocycles. The standard InChI is InChI=1S/C13H12FN5/c1-19-5-8(7-3-2-4-9(15)11(7)14)10-12(16)17-6-18-13(10)19/h2-6H,15H2,1H3,(H2,16,17,18). The first-order chi connectivity index (χ1) is 9.09. The van der Waals surface area contributed by atoms with Gasteiger partial charge in [0, 0.05) is 24.4 Å². The third-order valence-corrected chi connectivity index (χ3v) is 3.10. The Morgan fingerprint density at radius 1 is 1.16 bits per heavy atom. The summed E-state index contributed by atoms with van der Waals surface area (Å²) in [5, 5.41) is 0.634. The summed E-state index contributed by atoms with van der Waals surface area (Å²) in [5.74, 6) is -0.138. The van der Waals surface area contributed by atoms with Crippen LogP contribution in [0.3, 0.4) is 0 Å². The predicted octanol–water partition coefficient (Wildman–Crippen LogP) is 1.94. The molecule has 96 valence electrons. The molecule has 2 aromatic heterocycles. The van der Waals surface area contributed by atoms with Crippen LogP contribution in [0.15, 0.2) is 30.7 Å². The van der Waals surface area contributed by atoms with E-state index >= 15 is 0 Å². The summed E-state index contributed by atoms with van der Waals surface area (Å²) < 4.78 is 15.9. The Balaban J connectivity index is 2.41. The molecule has 0 spiro atoms. The average molecular weight is 257 g/mol. The van der Waals surface area contributed by atoms with E-state index in [1.807, 2.05) is 7.05 Å². The first-order valence-electron chi connectivity index (χ1n) is 5.69. The van der Waals surface area contributed by atoms with Gasteiger partial charge >= 0.3 is 0 Å². The van der Waals surface area contributed by atoms with Gasteiger partial charge in [-0.2, -0.15) is 0 Å². The second-order valence-electron chi connectivity index (χ2n) is 4.32. The molecule has 0 saturated carbocycles. The number of rotatable bonds is 1. The van der Waals surface area contributed by atoms with Gasteiger partial charge in [0.15, 0.2) is 5.82 Å². The summed E-state index contributed by atoms with van der Waals surface area (Å²) >= 11 is 0. The highest BCUT2D eigenvalue weighted by Gasteiger charge is 2.16. The largest absolute Gasteiger partial charge is 0.396 e. The Morgan fingerprint density at radius 2 is 1.95 bits per heavy atom. The SMILES string of the molecule is Cn1cc(-c2cccc(N)c2F)c2c(N)ncnc21. The first kappa shape index (κ1) is 11.5. The molecular formula is C13H12FN5. The fraction of sp³-hybridized carbons (Fsp3) is 0.0769. The van der Waals surface area contributed by atoms with E-state index in [-0.39, 0.29) is 5.69 Å². The number of nitrogens with zero attached hydrogens (tertiary/aromatic N) is 3. The van der Waals surface area contributed by atoms with Crippen LogP contribution in [0.25, 0.3) is 22.2 Å². The Labute approximate surface area is 108 Å². The molecule has 0 unspecified atom stereocenters. The molecule has 4 N–H and O–H groups in total. The lowest BCUT2D eigenvalue weighted by atomic mass is 10.0. The van der Waals surface area contributed by atoms with Crippen LogP contribution in [0.1, 0.15) is 0 Å². The Bertz CT molecular complexity index is 778. The van der Waals surface area contributed by atoms with Gasteiger partial charge in [-0.3, -0.25) is 0 Å². The van der Waals surface area contributed by atoms with Gasteiger partial charge in [-0.05, 0) is 6.07 Å². The molecule has 2 heterocycles. The number of fused-ring (bicyclic) bond motifs is 1. The average Bonchev–Trinajstić information content (AvgIpc) is 2.72. The van der Waals surface area contributed by atoms with Crippen LogP contribution in [0.4, 0.5) is 15.9 Å². The molecule has 3 rings (SSSR count). The maximum atomic E-state index is 14.1. The van der Waals surface area contributed by atoms with Crippen molar-refractivity contribution in [3.63, 3.8) is 0 Å². The molecule has 0 bridgehead atoms. The molecule has 6 heteroatoms. The summed E-state index contributed by atoms with van der Waals surface area (Å²) in [6, 6.07) is 4.88. The zero-order valence-electron chi connectivity index (χ0n) is 10.3. The van der Waals surface area contributed by atoms with Crippen LogP contribution in [0.2, 0.25) is 0 Å². The molecule has 0 amide bonds. The second-order valence-corrected chi connectivity index (χ2v) is 4.32. The minimum atomic E-state index is -0.460. The zero-order valence-corrected chi connectivity index (χ0v) is 10.3. The van der Waals surface area contributed by atoms with Gasteiger partial charge in [0.05, 0.1) is 11.1 Å². The maximum Gasteiger partial charge on any atom is 0.153 e. The summed E-state index contributed by atoms with van der Waals surface area (Å²) in [6.07, 6.45) is 3.16. The third kappa shape index (κ3) is 1.61. The van der Waals surface area contributed by atoms with Crippen molar-refractivity contribution < 1.29 is 4.39 Å². The molecule has 19 heavy (non-hydrogen) atoms. The first-order valence-corrected chi connectivity index (χ1v) is 5.69. The number of halogens is 1. The van der Waals surface area contributed by atoms with Crippen molar-refractivity contribution in [3.8, 4) is 11.1 Å². The Morgan fingerprint density at radius 3 is 2.74 bits per heavy atom. The van der Waals surface area contributed by atoms with Crippen LogP contribution in [-0.4, -0.2) is 14.5 Å². The topological polar surface area (TPSA) is 82.8 Å². The molecule has 0 saturated heterocycles. The van der Waals surface area contributed by atoms with Gasteiger partial charge in [0.1, 0.15) is 17.8 Å². The summed E-state index contributed by atoms with van der Waals surface area (Å²) in [5.41, 5.74) is 13.3. The van der Waals surface area contributed by atoms with Crippen LogP contribution < -0.4 is 11.5 Å². The number of hydrogen-bond acceptors (Lipinski definition) is 4. The summed E-state index contributed by atoms with van der Waals surface area (Å²) in [4.78, 5) is 8.12. The lowest BCUT2D eigenvalue weighted by Gasteiger charge is -2.04. The molecule has 0 fully saturated rings. The molecule has 5 nitrogen and oxygen atoms in total. The maximum absolute atomic E-state index is 14.1. The van der Waals surface area contributed by atoms with E-state index in [1.54, 1.807) is 22.9 Å². The fourth-order valence-corrected chi connectivity index (χ4v) is 2.20. The number of benzene rings is 1. The van der Waals surface area contributed by atoms with E-state index in [9.17, 15) is 4.39 Å². The van der Waals surface area contributed by atoms with Gasteiger partial charge < -0.3 is 16.0 Å². The van der Waals surface area contributed by atoms with E-state index < -0.39 is 5.82 Å². The number of nitrogen functional groups attached to an aromatic ring is 2. The van der Waals surface area contributed by atoms with Crippen molar-refractivity contribution in [1.82, 2.24) is 14.5 Å². The van der Waals surface area contributed by atoms with Crippen molar-refractivity contribution >= 4 is 22.5 Å². The molecule has 3 aromatic rings. The van der Waals surface area contributed by atoms with Crippen molar-refractivity contribution in [1.29, 1.82) is 0 Å². The molecular weight excluding hydrogens is 245 g/mol. The summed E-state index contributed by atoms with van der Waals surface area (Å²) in [6.45, 7) is 0. The van der Waals surface area contributed by atoms with Gasteiger partial charge in [0.25, 0.3) is 0 Å². The Hall–Kier alpha value is -2.63. The molecule has 1 aromatic carbocycles. The molecule has 0 aliphatic carbocycles. The van der Waals surface area contributed by atoms with Crippen molar-refractivity contribution in [2.45, 2.75) is 0 Å². The van der Waals surface area contributed by atoms with Crippen LogP contribution in [0.5, 0.6) is 0 Å². The van der Waals surface area contributed by atoms with Gasteiger partial charge in [-0.1, -0.05) is 12.1 Å². The van der Waals surface area contributed by atoms with Gasteiger partial charge in [-0.15, -0.1) is 0 Å². The van der Waals surface area contributed by atoms with Crippen molar-refractivity contribution in [2.24, 2.45) is 7.05 Å². The van der Waals surface area contributed by atoms with Gasteiger partial charge in [0.2, 0.25) is 0 Å². The number of aromatic nitrogens is 3. The number of anilines is 2. The third-order valence-electron chi connectivity index (χ3n) is 3.10. The van der Waals surface area contributed by atoms with E-state index in [0.717, 1.165) is 0 Å². The fourth-order valence-electron chi connectivity index (χ4n) is 2.20. The van der Waals surface area contributed by atoms with E-state index in [4.69, 9.17) is 11.5 Å². The minimum Gasteiger partial charge on any atom is -0.396 e. The highest BCUT2D eigenvalue weighted by atomic mass is 19.1. The number of hydrogen-bond donors (Lipinski definition) is 2. The van der Waals surface area contributed by atoms with Crippen LogP contribution in [0, 0.1) is 5.82 Å². The van der Waals surface area contributed by atoms with Crippen LogP contribution >= 0.6 is 0 Å². The highest BCUT2D eigenvalue weighted by molar-refractivity contribution is 6.01. The lowest BCUT2D eigenvalue weighted by molar-refractivity contribution is 0.636. The Kier molecular flexibility index (Phi) is 2.38. The lowest BCUT2D eigenvalue weighted by Crippen LogP contribution is -1.95. The zero-order chi connectivity index (χ0) is 13.6. The van der Waals surface area contributed by atoms with E-state index in [2.05, 4.69) is 9.97 Å². The van der Waals surface area contributed by atoms with E-state index in [1.165, 1.54) is 12.4 Å². The van der Waals surface area contributed by atoms with E-state index in [0.29, 0.717) is 28.0 Å². The molecule has 0 atom stereocenters. The highest BCUT2D eigenvalue weighted by Crippen LogP contribution is 2.34. The minimum absolute atomic E-state index is 0.102. The van der Waals surface area contributed by atoms with Crippen molar-refractivity contribution in [3.05, 3.63) is 36.5 Å². The normalized spacial score (nSPS) is 11.1. The quantitative estimate of drug-likeness (QED) is 0.652. The molecule has 0 aliphatic rings. The predicted molar refractivity (Wildman–Crippen MR) is 72.7 cm³/mol. The monoisotopic (exact) mass is 257 g/mol. The number of aryl methyl sites for hydroxylation is 1. The molecule has 0 radical (unpaired) electrons. The smallest absolute Gasteiger partial charge is 0.153 e. The van der Waals surface area contributed by atoms with Crippen LogP contribution in [-0.2, 0) is 7.05 Å². The summed E-state index contributed by atoms with van der Waals surface area (Å²) in [7, 11) is 1.82. The second kappa shape index (κ2) is 3.94.